The van der Waals surface area contributed by atoms with Crippen LogP contribution in [0.3, 0.4) is 0 Å². The van der Waals surface area contributed by atoms with Gasteiger partial charge in [-0.25, -0.2) is 4.98 Å². The smallest absolute Gasteiger partial charge is 0.126 e. The minimum atomic E-state index is 0.258. The van der Waals surface area contributed by atoms with E-state index in [0.29, 0.717) is 6.04 Å². The van der Waals surface area contributed by atoms with Crippen LogP contribution in [0.4, 0.5) is 11.5 Å². The fourth-order valence-electron chi connectivity index (χ4n) is 2.90. The predicted molar refractivity (Wildman–Crippen MR) is 76.2 cm³/mol. The van der Waals surface area contributed by atoms with Crippen LogP contribution in [-0.2, 0) is 4.74 Å². The number of nitrogens with two attached hydrogens (primary N) is 1. The monoisotopic (exact) mass is 262 g/mol. The van der Waals surface area contributed by atoms with Gasteiger partial charge in [-0.05, 0) is 38.4 Å². The number of hydrogen-bond donors (Lipinski definition) is 2. The summed E-state index contributed by atoms with van der Waals surface area (Å²) in [6.45, 7) is 5.86. The molecule has 2 aliphatic rings. The maximum atomic E-state index is 5.91. The van der Waals surface area contributed by atoms with Gasteiger partial charge in [0.05, 0.1) is 24.1 Å². The number of morpholine rings is 1. The normalized spacial score (nSPS) is 27.2. The number of anilines is 2. The van der Waals surface area contributed by atoms with Crippen LogP contribution < -0.4 is 11.1 Å². The van der Waals surface area contributed by atoms with Crippen LogP contribution in [0.15, 0.2) is 12.1 Å². The van der Waals surface area contributed by atoms with Crippen LogP contribution in [0.25, 0.3) is 0 Å². The van der Waals surface area contributed by atoms with E-state index < -0.39 is 0 Å². The molecule has 2 atom stereocenters. The van der Waals surface area contributed by atoms with Gasteiger partial charge in [-0.1, -0.05) is 0 Å². The Bertz CT molecular complexity index is 451. The molecule has 0 radical (unpaired) electrons. The maximum absolute atomic E-state index is 5.91. The predicted octanol–water partition coefficient (Wildman–Crippen LogP) is 1.25. The number of rotatable bonds is 3. The molecule has 2 saturated heterocycles. The highest BCUT2D eigenvalue weighted by atomic mass is 16.5. The minimum Gasteiger partial charge on any atom is -0.397 e. The summed E-state index contributed by atoms with van der Waals surface area (Å²) in [5.74, 6) is 0.874. The van der Waals surface area contributed by atoms with Crippen molar-refractivity contribution in [2.75, 3.05) is 37.3 Å². The number of ether oxygens (including phenoxy) is 1. The van der Waals surface area contributed by atoms with Crippen LogP contribution in [0, 0.1) is 6.92 Å². The second kappa shape index (κ2) is 5.35. The summed E-state index contributed by atoms with van der Waals surface area (Å²) in [7, 11) is 0. The molecule has 0 spiro atoms. The summed E-state index contributed by atoms with van der Waals surface area (Å²) in [4.78, 5) is 6.97. The third-order valence-electron chi connectivity index (χ3n) is 4.10. The second-order valence-electron chi connectivity index (χ2n) is 5.50. The summed E-state index contributed by atoms with van der Waals surface area (Å²) >= 11 is 0. The Balaban J connectivity index is 1.53. The maximum Gasteiger partial charge on any atom is 0.126 e. The number of hydrogen-bond acceptors (Lipinski definition) is 5. The van der Waals surface area contributed by atoms with Crippen molar-refractivity contribution in [2.45, 2.75) is 31.9 Å². The van der Waals surface area contributed by atoms with Gasteiger partial charge >= 0.3 is 0 Å². The number of nitrogen functional groups attached to an aromatic ring is 1. The lowest BCUT2D eigenvalue weighted by molar-refractivity contribution is -0.0416. The van der Waals surface area contributed by atoms with Gasteiger partial charge in [-0.2, -0.15) is 0 Å². The highest BCUT2D eigenvalue weighted by Gasteiger charge is 2.31. The molecule has 2 unspecified atom stereocenters. The van der Waals surface area contributed by atoms with Gasteiger partial charge in [0.1, 0.15) is 5.82 Å². The summed E-state index contributed by atoms with van der Waals surface area (Å²) in [5, 5.41) is 3.34. The van der Waals surface area contributed by atoms with E-state index >= 15 is 0 Å². The SMILES string of the molecule is Cc1nc(NCC2CN3CCCC3CO2)ccc1N. The third-order valence-corrected chi connectivity index (χ3v) is 4.10. The van der Waals surface area contributed by atoms with Gasteiger partial charge in [0.15, 0.2) is 0 Å². The number of nitrogens with zero attached hydrogens (tertiary/aromatic N) is 2. The number of fused-ring (bicyclic) bond motifs is 1. The van der Waals surface area contributed by atoms with Crippen LogP contribution in [0.2, 0.25) is 0 Å². The third kappa shape index (κ3) is 2.82. The second-order valence-corrected chi connectivity index (χ2v) is 5.50. The fraction of sp³-hybridized carbons (Fsp3) is 0.643. The summed E-state index contributed by atoms with van der Waals surface area (Å²) < 4.78 is 5.91. The van der Waals surface area contributed by atoms with Crippen LogP contribution in [0.5, 0.6) is 0 Å². The van der Waals surface area contributed by atoms with Gasteiger partial charge in [-0.15, -0.1) is 0 Å². The van der Waals surface area contributed by atoms with Gasteiger partial charge in [0, 0.05) is 19.1 Å². The van der Waals surface area contributed by atoms with E-state index in [9.17, 15) is 0 Å². The van der Waals surface area contributed by atoms with Crippen LogP contribution >= 0.6 is 0 Å². The zero-order valence-corrected chi connectivity index (χ0v) is 11.4. The van der Waals surface area contributed by atoms with Crippen molar-refractivity contribution in [1.82, 2.24) is 9.88 Å². The molecule has 19 heavy (non-hydrogen) atoms. The molecular weight excluding hydrogens is 240 g/mol. The molecule has 0 aliphatic carbocycles. The van der Waals surface area contributed by atoms with Crippen molar-refractivity contribution in [2.24, 2.45) is 0 Å². The Hall–Kier alpha value is -1.33. The Morgan fingerprint density at radius 1 is 1.53 bits per heavy atom. The first-order valence-corrected chi connectivity index (χ1v) is 7.05. The highest BCUT2D eigenvalue weighted by molar-refractivity contribution is 5.49. The first-order chi connectivity index (χ1) is 9.22. The van der Waals surface area contributed by atoms with Crippen LogP contribution in [0.1, 0.15) is 18.5 Å². The average molecular weight is 262 g/mol. The van der Waals surface area contributed by atoms with E-state index in [1.165, 1.54) is 19.4 Å². The Morgan fingerprint density at radius 2 is 2.42 bits per heavy atom. The Morgan fingerprint density at radius 3 is 3.26 bits per heavy atom. The lowest BCUT2D eigenvalue weighted by Gasteiger charge is -2.35. The van der Waals surface area contributed by atoms with E-state index in [4.69, 9.17) is 10.5 Å². The van der Waals surface area contributed by atoms with E-state index in [0.717, 1.165) is 36.9 Å². The summed E-state index contributed by atoms with van der Waals surface area (Å²) in [6, 6.07) is 4.47. The molecule has 2 aliphatic heterocycles. The molecule has 104 valence electrons. The average Bonchev–Trinajstić information content (AvgIpc) is 2.87. The van der Waals surface area contributed by atoms with Crippen molar-refractivity contribution in [3.63, 3.8) is 0 Å². The molecule has 1 aromatic rings. The van der Waals surface area contributed by atoms with Gasteiger partial charge in [0.25, 0.3) is 0 Å². The summed E-state index contributed by atoms with van der Waals surface area (Å²) in [5.41, 5.74) is 7.37. The van der Waals surface area contributed by atoms with Crippen LogP contribution in [-0.4, -0.2) is 48.3 Å². The van der Waals surface area contributed by atoms with E-state index in [-0.39, 0.29) is 6.10 Å². The fourth-order valence-corrected chi connectivity index (χ4v) is 2.90. The lowest BCUT2D eigenvalue weighted by atomic mass is 10.2. The molecule has 0 saturated carbocycles. The van der Waals surface area contributed by atoms with Crippen molar-refractivity contribution in [1.29, 1.82) is 0 Å². The molecule has 2 fully saturated rings. The number of aromatic nitrogens is 1. The van der Waals surface area contributed by atoms with Gasteiger partial charge in [0.2, 0.25) is 0 Å². The van der Waals surface area contributed by atoms with Gasteiger partial charge < -0.3 is 15.8 Å². The molecule has 0 bridgehead atoms. The first-order valence-electron chi connectivity index (χ1n) is 7.05. The molecule has 5 nitrogen and oxygen atoms in total. The first kappa shape index (κ1) is 12.7. The quantitative estimate of drug-likeness (QED) is 0.858. The summed E-state index contributed by atoms with van der Waals surface area (Å²) in [6.07, 6.45) is 2.86. The zero-order chi connectivity index (χ0) is 13.2. The molecule has 0 amide bonds. The van der Waals surface area contributed by atoms with Crippen molar-refractivity contribution >= 4 is 11.5 Å². The largest absolute Gasteiger partial charge is 0.397 e. The molecule has 0 aromatic carbocycles. The van der Waals surface area contributed by atoms with Crippen molar-refractivity contribution in [3.8, 4) is 0 Å². The molecule has 3 rings (SSSR count). The topological polar surface area (TPSA) is 63.4 Å². The van der Waals surface area contributed by atoms with Gasteiger partial charge in [-0.3, -0.25) is 4.90 Å². The van der Waals surface area contributed by atoms with E-state index in [1.54, 1.807) is 0 Å². The van der Waals surface area contributed by atoms with Crippen molar-refractivity contribution in [3.05, 3.63) is 17.8 Å². The van der Waals surface area contributed by atoms with Crippen molar-refractivity contribution < 1.29 is 4.74 Å². The Labute approximate surface area is 114 Å². The molecule has 5 heteroatoms. The zero-order valence-electron chi connectivity index (χ0n) is 11.4. The lowest BCUT2D eigenvalue weighted by Crippen LogP contribution is -2.48. The minimum absolute atomic E-state index is 0.258. The number of pyridine rings is 1. The van der Waals surface area contributed by atoms with E-state index in [2.05, 4.69) is 15.2 Å². The Kier molecular flexibility index (Phi) is 3.57. The number of aryl methyl sites for hydroxylation is 1. The molecular formula is C14H22N4O. The highest BCUT2D eigenvalue weighted by Crippen LogP contribution is 2.22. The molecule has 3 N–H and O–H groups in total. The van der Waals surface area contributed by atoms with E-state index in [1.807, 2.05) is 19.1 Å². The number of nitrogens with one attached hydrogen (secondary N) is 1. The molecule has 3 heterocycles. The standard InChI is InChI=1S/C14H22N4O/c1-10-13(15)4-5-14(17-10)16-7-12-8-18-6-2-3-11(18)9-19-12/h4-5,11-12H,2-3,6-9,15H2,1H3,(H,16,17). The molecule has 1 aromatic heterocycles.